The number of carbonyl (C=O) groups excluding carboxylic acids is 1. The van der Waals surface area contributed by atoms with Gasteiger partial charge in [0.2, 0.25) is 0 Å². The van der Waals surface area contributed by atoms with Crippen molar-refractivity contribution >= 4 is 11.5 Å². The Labute approximate surface area is 81.7 Å². The maximum absolute atomic E-state index is 10.8. The molecule has 0 heterocycles. The fourth-order valence-corrected chi connectivity index (χ4v) is 1.32. The van der Waals surface area contributed by atoms with Crippen LogP contribution in [0.25, 0.3) is 0 Å². The van der Waals surface area contributed by atoms with Crippen LogP contribution in [0.1, 0.15) is 18.1 Å². The van der Waals surface area contributed by atoms with Gasteiger partial charge in [0.15, 0.2) is 0 Å². The summed E-state index contributed by atoms with van der Waals surface area (Å²) in [5, 5.41) is 10.5. The van der Waals surface area contributed by atoms with E-state index < -0.39 is 4.92 Å². The van der Waals surface area contributed by atoms with Gasteiger partial charge in [0.05, 0.1) is 4.92 Å². The molecule has 0 aliphatic carbocycles. The molecule has 0 atom stereocenters. The van der Waals surface area contributed by atoms with Crippen molar-refractivity contribution in [3.63, 3.8) is 0 Å². The van der Waals surface area contributed by atoms with Gasteiger partial charge in [-0.05, 0) is 25.5 Å². The summed E-state index contributed by atoms with van der Waals surface area (Å²) >= 11 is 0. The molecule has 0 bridgehead atoms. The molecule has 74 valence electrons. The molecule has 0 saturated heterocycles. The van der Waals surface area contributed by atoms with E-state index in [1.807, 2.05) is 0 Å². The first kappa shape index (κ1) is 10.4. The first-order chi connectivity index (χ1) is 6.50. The highest BCUT2D eigenvalue weighted by atomic mass is 16.6. The van der Waals surface area contributed by atoms with Crippen molar-refractivity contribution in [2.75, 3.05) is 0 Å². The molecule has 4 nitrogen and oxygen atoms in total. The molecule has 0 amide bonds. The van der Waals surface area contributed by atoms with Crippen LogP contribution in [-0.2, 0) is 11.2 Å². The standard InChI is InChI=1S/C10H11NO3/c1-7-5-9(6-8(2)12)3-4-10(7)11(13)14/h3-5H,6H2,1-2H3. The van der Waals surface area contributed by atoms with Crippen molar-refractivity contribution in [3.05, 3.63) is 39.4 Å². The number of nitrogens with zero attached hydrogens (tertiary/aromatic N) is 1. The number of benzene rings is 1. The van der Waals surface area contributed by atoms with Gasteiger partial charge in [0.25, 0.3) is 5.69 Å². The van der Waals surface area contributed by atoms with Gasteiger partial charge >= 0.3 is 0 Å². The second-order valence-corrected chi connectivity index (χ2v) is 3.26. The largest absolute Gasteiger partial charge is 0.300 e. The van der Waals surface area contributed by atoms with Crippen LogP contribution in [0.15, 0.2) is 18.2 Å². The van der Waals surface area contributed by atoms with Gasteiger partial charge in [-0.3, -0.25) is 14.9 Å². The van der Waals surface area contributed by atoms with E-state index in [4.69, 9.17) is 0 Å². The van der Waals surface area contributed by atoms with Gasteiger partial charge in [0.1, 0.15) is 5.78 Å². The van der Waals surface area contributed by atoms with Crippen LogP contribution in [0.2, 0.25) is 0 Å². The molecule has 0 saturated carbocycles. The molecule has 0 fully saturated rings. The van der Waals surface area contributed by atoms with E-state index in [-0.39, 0.29) is 11.5 Å². The van der Waals surface area contributed by atoms with Crippen LogP contribution in [-0.4, -0.2) is 10.7 Å². The molecule has 0 spiro atoms. The third kappa shape index (κ3) is 2.39. The molecule has 0 N–H and O–H groups in total. The smallest absolute Gasteiger partial charge is 0.272 e. The van der Waals surface area contributed by atoms with E-state index in [1.54, 1.807) is 19.1 Å². The fourth-order valence-electron chi connectivity index (χ4n) is 1.32. The average molecular weight is 193 g/mol. The summed E-state index contributed by atoms with van der Waals surface area (Å²) in [6.07, 6.45) is 0.332. The first-order valence-electron chi connectivity index (χ1n) is 4.24. The summed E-state index contributed by atoms with van der Waals surface area (Å²) in [5.74, 6) is 0.0539. The molecule has 0 radical (unpaired) electrons. The maximum Gasteiger partial charge on any atom is 0.272 e. The van der Waals surface area contributed by atoms with E-state index in [0.717, 1.165) is 5.56 Å². The summed E-state index contributed by atoms with van der Waals surface area (Å²) < 4.78 is 0. The minimum atomic E-state index is -0.424. The number of carbonyl (C=O) groups is 1. The molecular formula is C10H11NO3. The Morgan fingerprint density at radius 2 is 2.14 bits per heavy atom. The number of nitro benzene ring substituents is 1. The molecule has 14 heavy (non-hydrogen) atoms. The highest BCUT2D eigenvalue weighted by Crippen LogP contribution is 2.18. The highest BCUT2D eigenvalue weighted by molar-refractivity contribution is 5.78. The van der Waals surface area contributed by atoms with Gasteiger partial charge in [-0.2, -0.15) is 0 Å². The molecule has 0 unspecified atom stereocenters. The summed E-state index contributed by atoms with van der Waals surface area (Å²) in [7, 11) is 0. The zero-order chi connectivity index (χ0) is 10.7. The maximum atomic E-state index is 10.8. The Morgan fingerprint density at radius 1 is 1.50 bits per heavy atom. The van der Waals surface area contributed by atoms with Gasteiger partial charge in [-0.25, -0.2) is 0 Å². The monoisotopic (exact) mass is 193 g/mol. The zero-order valence-corrected chi connectivity index (χ0v) is 8.11. The van der Waals surface area contributed by atoms with E-state index >= 15 is 0 Å². The Hall–Kier alpha value is -1.71. The SMILES string of the molecule is CC(=O)Cc1ccc([N+](=O)[O-])c(C)c1. The lowest BCUT2D eigenvalue weighted by molar-refractivity contribution is -0.385. The van der Waals surface area contributed by atoms with Crippen molar-refractivity contribution in [3.8, 4) is 0 Å². The van der Waals surface area contributed by atoms with Crippen molar-refractivity contribution in [1.29, 1.82) is 0 Å². The molecule has 0 aliphatic rings. The summed E-state index contributed by atoms with van der Waals surface area (Å²) in [4.78, 5) is 20.9. The minimum absolute atomic E-state index is 0.0539. The van der Waals surface area contributed by atoms with E-state index in [2.05, 4.69) is 0 Å². The zero-order valence-electron chi connectivity index (χ0n) is 8.11. The number of Topliss-reactive ketones (excluding diaryl/α,β-unsaturated/α-hetero) is 1. The molecule has 1 rings (SSSR count). The highest BCUT2D eigenvalue weighted by Gasteiger charge is 2.10. The van der Waals surface area contributed by atoms with Crippen molar-refractivity contribution in [2.45, 2.75) is 20.3 Å². The molecule has 0 aliphatic heterocycles. The normalized spacial score (nSPS) is 9.86. The number of ketones is 1. The summed E-state index contributed by atoms with van der Waals surface area (Å²) in [6, 6.07) is 4.74. The predicted molar refractivity (Wildman–Crippen MR) is 52.2 cm³/mol. The molecule has 1 aromatic rings. The van der Waals surface area contributed by atoms with Crippen molar-refractivity contribution in [2.24, 2.45) is 0 Å². The lowest BCUT2D eigenvalue weighted by Gasteiger charge is -2.00. The van der Waals surface area contributed by atoms with Gasteiger partial charge in [0, 0.05) is 18.1 Å². The molecule has 1 aromatic carbocycles. The van der Waals surface area contributed by atoms with E-state index in [0.29, 0.717) is 12.0 Å². The third-order valence-corrected chi connectivity index (χ3v) is 1.91. The topological polar surface area (TPSA) is 60.2 Å². The minimum Gasteiger partial charge on any atom is -0.300 e. The van der Waals surface area contributed by atoms with Crippen LogP contribution < -0.4 is 0 Å². The Kier molecular flexibility index (Phi) is 2.96. The van der Waals surface area contributed by atoms with Crippen LogP contribution in [0.5, 0.6) is 0 Å². The van der Waals surface area contributed by atoms with Gasteiger partial charge < -0.3 is 0 Å². The third-order valence-electron chi connectivity index (χ3n) is 1.91. The number of aryl methyl sites for hydroxylation is 1. The predicted octanol–water partition coefficient (Wildman–Crippen LogP) is 2.03. The molecule has 0 aromatic heterocycles. The quantitative estimate of drug-likeness (QED) is 0.545. The lowest BCUT2D eigenvalue weighted by atomic mass is 10.1. The average Bonchev–Trinajstić information content (AvgIpc) is 2.01. The van der Waals surface area contributed by atoms with Crippen molar-refractivity contribution < 1.29 is 9.72 Å². The van der Waals surface area contributed by atoms with E-state index in [1.165, 1.54) is 13.0 Å². The Balaban J connectivity index is 3.00. The number of hydrogen-bond donors (Lipinski definition) is 0. The molecular weight excluding hydrogens is 182 g/mol. The van der Waals surface area contributed by atoms with Crippen LogP contribution in [0.4, 0.5) is 5.69 Å². The summed E-state index contributed by atoms with van der Waals surface area (Å²) in [6.45, 7) is 3.17. The van der Waals surface area contributed by atoms with Gasteiger partial charge in [-0.1, -0.05) is 6.07 Å². The number of hydrogen-bond acceptors (Lipinski definition) is 3. The number of nitro groups is 1. The lowest BCUT2D eigenvalue weighted by Crippen LogP contribution is -1.98. The van der Waals surface area contributed by atoms with Crippen molar-refractivity contribution in [1.82, 2.24) is 0 Å². The second-order valence-electron chi connectivity index (χ2n) is 3.26. The first-order valence-corrected chi connectivity index (χ1v) is 4.24. The molecule has 4 heteroatoms. The van der Waals surface area contributed by atoms with Gasteiger partial charge in [-0.15, -0.1) is 0 Å². The Bertz CT molecular complexity index is 385. The number of rotatable bonds is 3. The Morgan fingerprint density at radius 3 is 2.57 bits per heavy atom. The van der Waals surface area contributed by atoms with Crippen LogP contribution in [0.3, 0.4) is 0 Å². The second kappa shape index (κ2) is 4.00. The van der Waals surface area contributed by atoms with Crippen LogP contribution >= 0.6 is 0 Å². The van der Waals surface area contributed by atoms with Crippen LogP contribution in [0, 0.1) is 17.0 Å². The fraction of sp³-hybridized carbons (Fsp3) is 0.300. The van der Waals surface area contributed by atoms with E-state index in [9.17, 15) is 14.9 Å². The summed E-state index contributed by atoms with van der Waals surface area (Å²) in [5.41, 5.74) is 1.51.